The second kappa shape index (κ2) is 11.5. The fourth-order valence-electron chi connectivity index (χ4n) is 1.51. The molecule has 116 valence electrons. The van der Waals surface area contributed by atoms with Crippen molar-refractivity contribution < 1.29 is 11.4 Å². The minimum Gasteiger partial charge on any atom is -0.452 e. The Kier molecular flexibility index (Phi) is 11.5. The average Bonchev–Trinajstić information content (AvgIpc) is 2.26. The van der Waals surface area contributed by atoms with Gasteiger partial charge in [0.1, 0.15) is 0 Å². The highest BCUT2D eigenvalue weighted by Crippen LogP contribution is 2.07. The zero-order chi connectivity index (χ0) is 15.5. The van der Waals surface area contributed by atoms with Gasteiger partial charge in [-0.05, 0) is 61.3 Å². The summed E-state index contributed by atoms with van der Waals surface area (Å²) in [6.45, 7) is 15.0. The smallest absolute Gasteiger partial charge is 0.452 e. The van der Waals surface area contributed by atoms with Crippen LogP contribution in [0.2, 0.25) is 0 Å². The molecule has 0 fully saturated rings. The first kappa shape index (κ1) is 19.9. The lowest BCUT2D eigenvalue weighted by atomic mass is 10.1. The van der Waals surface area contributed by atoms with Crippen LogP contribution in [-0.2, 0) is 11.4 Å². The molecule has 0 aliphatic heterocycles. The van der Waals surface area contributed by atoms with E-state index in [1.807, 2.05) is 27.7 Å². The molecule has 0 radical (unpaired) electrons. The third-order valence-electron chi connectivity index (χ3n) is 2.52. The van der Waals surface area contributed by atoms with Gasteiger partial charge in [0.2, 0.25) is 0 Å². The number of hydrogen-bond acceptors (Lipinski definition) is 3. The van der Waals surface area contributed by atoms with Crippen molar-refractivity contribution in [2.24, 2.45) is 0 Å². The van der Waals surface area contributed by atoms with Crippen LogP contribution < -0.4 is 0 Å². The van der Waals surface area contributed by atoms with Crippen LogP contribution >= 0.6 is 0 Å². The summed E-state index contributed by atoms with van der Waals surface area (Å²) in [6, 6.07) is 0. The summed E-state index contributed by atoms with van der Waals surface area (Å²) in [5.74, 6) is 0. The lowest BCUT2D eigenvalue weighted by Crippen LogP contribution is -2.32. The second-order valence-corrected chi connectivity index (χ2v) is 7.32. The molecule has 0 bridgehead atoms. The van der Waals surface area contributed by atoms with Crippen molar-refractivity contribution in [2.75, 3.05) is 6.61 Å². The number of rotatable bonds is 10. The molecule has 0 unspecified atom stereocenters. The molecule has 0 aromatic heterocycles. The summed E-state index contributed by atoms with van der Waals surface area (Å²) < 4.78 is 17.2. The SMILES string of the molecule is CC(C)=CCC/C(C)=C/C[O][Al]([O]C(C)C)[O]C(C)C. The Morgan fingerprint density at radius 1 is 0.950 bits per heavy atom. The molecule has 0 saturated heterocycles. The molecule has 0 amide bonds. The molecule has 0 aromatic carbocycles. The fraction of sp³-hybridized carbons (Fsp3) is 0.750. The third-order valence-corrected chi connectivity index (χ3v) is 4.52. The van der Waals surface area contributed by atoms with Gasteiger partial charge < -0.3 is 11.4 Å². The van der Waals surface area contributed by atoms with E-state index in [0.717, 1.165) is 12.8 Å². The lowest BCUT2D eigenvalue weighted by Gasteiger charge is -2.17. The first-order valence-corrected chi connectivity index (χ1v) is 8.94. The zero-order valence-corrected chi connectivity index (χ0v) is 15.4. The zero-order valence-electron chi connectivity index (χ0n) is 14.2. The standard InChI is InChI=1S/C10H17O.2C3H7O.Al/c1-9(2)5-4-6-10(3)7-8-11;2*1-3(2)4;/h5,7H,4,6,8H2,1-3H3;2*3H,1-2H3;/q3*-1;+3/b10-7+;;;. The van der Waals surface area contributed by atoms with Crippen LogP contribution in [0, 0.1) is 0 Å². The molecule has 0 N–H and O–H groups in total. The van der Waals surface area contributed by atoms with Crippen molar-refractivity contribution in [1.82, 2.24) is 0 Å². The highest BCUT2D eigenvalue weighted by atomic mass is 27.3. The van der Waals surface area contributed by atoms with Crippen LogP contribution in [0.5, 0.6) is 0 Å². The Labute approximate surface area is 130 Å². The van der Waals surface area contributed by atoms with E-state index in [4.69, 9.17) is 11.4 Å². The molecule has 0 heterocycles. The summed E-state index contributed by atoms with van der Waals surface area (Å²) in [4.78, 5) is 0. The molecule has 0 atom stereocenters. The largest absolute Gasteiger partial charge is 0.906 e. The van der Waals surface area contributed by atoms with Crippen LogP contribution in [0.3, 0.4) is 0 Å². The van der Waals surface area contributed by atoms with Gasteiger partial charge in [0.15, 0.2) is 0 Å². The van der Waals surface area contributed by atoms with Crippen LogP contribution in [-0.4, -0.2) is 34.0 Å². The van der Waals surface area contributed by atoms with Crippen LogP contribution in [0.25, 0.3) is 0 Å². The van der Waals surface area contributed by atoms with E-state index < -0.39 is 15.1 Å². The van der Waals surface area contributed by atoms with Crippen LogP contribution in [0.4, 0.5) is 0 Å². The summed E-state index contributed by atoms with van der Waals surface area (Å²) in [5, 5.41) is 0. The van der Waals surface area contributed by atoms with Gasteiger partial charge >= 0.3 is 15.1 Å². The Morgan fingerprint density at radius 2 is 1.50 bits per heavy atom. The molecule has 0 spiro atoms. The minimum absolute atomic E-state index is 0.146. The predicted molar refractivity (Wildman–Crippen MR) is 86.6 cm³/mol. The number of hydrogen-bond donors (Lipinski definition) is 0. The van der Waals surface area contributed by atoms with Gasteiger partial charge in [-0.2, -0.15) is 0 Å². The first-order valence-electron chi connectivity index (χ1n) is 7.52. The fourth-order valence-corrected chi connectivity index (χ4v) is 2.88. The van der Waals surface area contributed by atoms with Crippen LogP contribution in [0.1, 0.15) is 61.3 Å². The summed E-state index contributed by atoms with van der Waals surface area (Å²) in [7, 11) is 0. The molecule has 0 aliphatic carbocycles. The second-order valence-electron chi connectivity index (χ2n) is 5.86. The maximum atomic E-state index is 5.76. The van der Waals surface area contributed by atoms with Gasteiger partial charge in [0.05, 0.1) is 0 Å². The van der Waals surface area contributed by atoms with E-state index in [0.29, 0.717) is 6.61 Å². The van der Waals surface area contributed by atoms with Gasteiger partial charge in [-0.25, -0.2) is 0 Å². The van der Waals surface area contributed by atoms with Gasteiger partial charge in [-0.3, -0.25) is 0 Å². The Bertz CT molecular complexity index is 295. The topological polar surface area (TPSA) is 27.7 Å². The van der Waals surface area contributed by atoms with Gasteiger partial charge in [-0.1, -0.05) is 23.3 Å². The Balaban J connectivity index is 4.09. The van der Waals surface area contributed by atoms with Crippen molar-refractivity contribution in [3.8, 4) is 0 Å². The highest BCUT2D eigenvalue weighted by Gasteiger charge is 2.32. The molecule has 3 nitrogen and oxygen atoms in total. The van der Waals surface area contributed by atoms with E-state index in [1.165, 1.54) is 11.1 Å². The summed E-state index contributed by atoms with van der Waals surface area (Å²) >= 11 is -2.01. The molecular formula is C16H31AlO3. The quantitative estimate of drug-likeness (QED) is 0.438. The van der Waals surface area contributed by atoms with E-state index in [2.05, 4.69) is 32.9 Å². The molecule has 0 aromatic rings. The first-order chi connectivity index (χ1) is 9.31. The molecule has 0 rings (SSSR count). The van der Waals surface area contributed by atoms with Gasteiger partial charge in [0.25, 0.3) is 0 Å². The Hall–Kier alpha value is -0.108. The highest BCUT2D eigenvalue weighted by molar-refractivity contribution is 6.36. The Morgan fingerprint density at radius 3 is 1.95 bits per heavy atom. The van der Waals surface area contributed by atoms with Gasteiger partial charge in [0, 0.05) is 18.8 Å². The predicted octanol–water partition coefficient (Wildman–Crippen LogP) is 4.53. The average molecular weight is 298 g/mol. The van der Waals surface area contributed by atoms with E-state index in [1.54, 1.807) is 0 Å². The van der Waals surface area contributed by atoms with Crippen molar-refractivity contribution in [3.63, 3.8) is 0 Å². The molecule has 0 aliphatic rings. The summed E-state index contributed by atoms with van der Waals surface area (Å²) in [5.41, 5.74) is 2.72. The molecular weight excluding hydrogens is 267 g/mol. The van der Waals surface area contributed by atoms with Crippen molar-refractivity contribution in [1.29, 1.82) is 0 Å². The molecule has 4 heteroatoms. The maximum Gasteiger partial charge on any atom is 0.906 e. The van der Waals surface area contributed by atoms with Crippen molar-refractivity contribution >= 4 is 15.1 Å². The van der Waals surface area contributed by atoms with E-state index >= 15 is 0 Å². The summed E-state index contributed by atoms with van der Waals surface area (Å²) in [6.07, 6.45) is 6.86. The van der Waals surface area contributed by atoms with E-state index in [9.17, 15) is 0 Å². The maximum absolute atomic E-state index is 5.76. The molecule has 0 saturated carbocycles. The van der Waals surface area contributed by atoms with E-state index in [-0.39, 0.29) is 12.2 Å². The normalized spacial score (nSPS) is 12.2. The van der Waals surface area contributed by atoms with Crippen molar-refractivity contribution in [2.45, 2.75) is 73.5 Å². The lowest BCUT2D eigenvalue weighted by molar-refractivity contribution is 0.0566. The minimum atomic E-state index is -2.01. The molecule has 20 heavy (non-hydrogen) atoms. The third kappa shape index (κ3) is 12.9. The van der Waals surface area contributed by atoms with Crippen molar-refractivity contribution in [3.05, 3.63) is 23.3 Å². The number of allylic oxidation sites excluding steroid dienone is 3. The van der Waals surface area contributed by atoms with Gasteiger partial charge in [-0.15, -0.1) is 0 Å². The van der Waals surface area contributed by atoms with Crippen LogP contribution in [0.15, 0.2) is 23.3 Å². The monoisotopic (exact) mass is 298 g/mol.